The van der Waals surface area contributed by atoms with Crippen LogP contribution >= 0.6 is 0 Å². The molecule has 0 aliphatic carbocycles. The smallest absolute Gasteiger partial charge is 0.155 e. The Balaban J connectivity index is 1.67. The number of nitrogens with zero attached hydrogens (tertiary/aromatic N) is 3. The van der Waals surface area contributed by atoms with Crippen LogP contribution in [0.15, 0.2) is 36.4 Å². The van der Waals surface area contributed by atoms with Gasteiger partial charge in [-0.2, -0.15) is 5.10 Å². The zero-order chi connectivity index (χ0) is 18.3. The van der Waals surface area contributed by atoms with Crippen LogP contribution in [0.1, 0.15) is 63.8 Å². The number of aryl methyl sites for hydroxylation is 3. The molecule has 0 fully saturated rings. The number of fused-ring (bicyclic) bond motifs is 1. The summed E-state index contributed by atoms with van der Waals surface area (Å²) in [7, 11) is 0. The predicted molar refractivity (Wildman–Crippen MR) is 106 cm³/mol. The van der Waals surface area contributed by atoms with Crippen LogP contribution in [0, 0.1) is 27.7 Å². The summed E-state index contributed by atoms with van der Waals surface area (Å²) in [6.45, 7) is 9.77. The van der Waals surface area contributed by atoms with Crippen molar-refractivity contribution in [2.75, 3.05) is 0 Å². The number of rotatable bonds is 3. The second kappa shape index (κ2) is 6.71. The molecule has 0 saturated carbocycles. The van der Waals surface area contributed by atoms with E-state index in [-0.39, 0.29) is 0 Å². The topological polar surface area (TPSA) is 30.7 Å². The van der Waals surface area contributed by atoms with E-state index in [0.29, 0.717) is 5.92 Å². The first-order valence-corrected chi connectivity index (χ1v) is 9.59. The molecule has 2 heterocycles. The molecule has 0 saturated heterocycles. The lowest BCUT2D eigenvalue weighted by molar-refractivity contribution is 0.444. The van der Waals surface area contributed by atoms with Gasteiger partial charge in [0.25, 0.3) is 0 Å². The highest BCUT2D eigenvalue weighted by molar-refractivity contribution is 5.43. The van der Waals surface area contributed by atoms with Crippen molar-refractivity contribution in [2.24, 2.45) is 0 Å². The average Bonchev–Trinajstić information content (AvgIpc) is 3.04. The fourth-order valence-electron chi connectivity index (χ4n) is 4.01. The van der Waals surface area contributed by atoms with E-state index in [2.05, 4.69) is 68.8 Å². The summed E-state index contributed by atoms with van der Waals surface area (Å²) < 4.78 is 2.15. The molecular weight excluding hydrogens is 318 g/mol. The van der Waals surface area contributed by atoms with Crippen LogP contribution in [0.3, 0.4) is 0 Å². The van der Waals surface area contributed by atoms with Crippen LogP contribution in [0.5, 0.6) is 0 Å². The lowest BCUT2D eigenvalue weighted by Gasteiger charge is -2.25. The maximum atomic E-state index is 4.97. The van der Waals surface area contributed by atoms with Crippen LogP contribution in [-0.2, 0) is 13.0 Å². The Morgan fingerprint density at radius 2 is 1.73 bits per heavy atom. The lowest BCUT2D eigenvalue weighted by atomic mass is 9.85. The summed E-state index contributed by atoms with van der Waals surface area (Å²) in [5, 5.41) is 4.82. The van der Waals surface area contributed by atoms with Crippen LogP contribution in [0.4, 0.5) is 0 Å². The maximum absolute atomic E-state index is 4.97. The van der Waals surface area contributed by atoms with E-state index in [1.807, 2.05) is 0 Å². The van der Waals surface area contributed by atoms with Crippen molar-refractivity contribution < 1.29 is 0 Å². The average molecular weight is 345 g/mol. The Bertz CT molecular complexity index is 935. The standard InChI is InChI=1S/C23H27N3/c1-15-7-10-19(11-8-15)14-22-24-23-21(6-5-13-26(23)25-22)20-12-9-16(2)17(3)18(20)4/h7-12,21H,5-6,13-14H2,1-4H3. The highest BCUT2D eigenvalue weighted by Crippen LogP contribution is 2.35. The van der Waals surface area contributed by atoms with Gasteiger partial charge in [0.2, 0.25) is 0 Å². The molecule has 134 valence electrons. The number of benzene rings is 2. The molecule has 3 heteroatoms. The first-order valence-electron chi connectivity index (χ1n) is 9.59. The summed E-state index contributed by atoms with van der Waals surface area (Å²) >= 11 is 0. The minimum absolute atomic E-state index is 0.363. The van der Waals surface area contributed by atoms with Gasteiger partial charge in [-0.1, -0.05) is 42.0 Å². The largest absolute Gasteiger partial charge is 0.249 e. The molecular formula is C23H27N3. The van der Waals surface area contributed by atoms with Crippen LogP contribution in [-0.4, -0.2) is 14.8 Å². The minimum atomic E-state index is 0.363. The van der Waals surface area contributed by atoms with Gasteiger partial charge in [-0.05, 0) is 68.4 Å². The second-order valence-corrected chi connectivity index (χ2v) is 7.69. The summed E-state index contributed by atoms with van der Waals surface area (Å²) in [5.74, 6) is 2.45. The molecule has 0 spiro atoms. The van der Waals surface area contributed by atoms with Gasteiger partial charge >= 0.3 is 0 Å². The molecule has 3 nitrogen and oxygen atoms in total. The number of aromatic nitrogens is 3. The summed E-state index contributed by atoms with van der Waals surface area (Å²) in [6, 6.07) is 13.2. The molecule has 1 unspecified atom stereocenters. The van der Waals surface area contributed by atoms with Gasteiger partial charge in [0, 0.05) is 18.9 Å². The van der Waals surface area contributed by atoms with Gasteiger partial charge in [-0.15, -0.1) is 0 Å². The number of hydrogen-bond donors (Lipinski definition) is 0. The normalized spacial score (nSPS) is 16.5. The third-order valence-electron chi connectivity index (χ3n) is 5.88. The molecule has 0 bridgehead atoms. The van der Waals surface area contributed by atoms with Gasteiger partial charge < -0.3 is 0 Å². The Hall–Kier alpha value is -2.42. The molecule has 0 amide bonds. The molecule has 3 aromatic rings. The molecule has 1 aliphatic heterocycles. The van der Waals surface area contributed by atoms with Crippen LogP contribution < -0.4 is 0 Å². The van der Waals surface area contributed by atoms with Crippen molar-refractivity contribution in [3.05, 3.63) is 81.4 Å². The molecule has 26 heavy (non-hydrogen) atoms. The molecule has 1 atom stereocenters. The van der Waals surface area contributed by atoms with Crippen LogP contribution in [0.2, 0.25) is 0 Å². The molecule has 0 radical (unpaired) electrons. The van der Waals surface area contributed by atoms with Gasteiger partial charge in [0.05, 0.1) is 0 Å². The van der Waals surface area contributed by atoms with Crippen molar-refractivity contribution in [3.8, 4) is 0 Å². The van der Waals surface area contributed by atoms with Crippen molar-refractivity contribution >= 4 is 0 Å². The highest BCUT2D eigenvalue weighted by atomic mass is 15.4. The Kier molecular flexibility index (Phi) is 4.39. The highest BCUT2D eigenvalue weighted by Gasteiger charge is 2.27. The molecule has 2 aromatic carbocycles. The quantitative estimate of drug-likeness (QED) is 0.667. The van der Waals surface area contributed by atoms with Gasteiger partial charge in [-0.25, -0.2) is 9.67 Å². The third-order valence-corrected chi connectivity index (χ3v) is 5.88. The Labute approximate surface area is 156 Å². The third kappa shape index (κ3) is 3.07. The summed E-state index contributed by atoms with van der Waals surface area (Å²) in [5.41, 5.74) is 8.16. The van der Waals surface area contributed by atoms with Crippen LogP contribution in [0.25, 0.3) is 0 Å². The summed E-state index contributed by atoms with van der Waals surface area (Å²) in [6.07, 6.45) is 3.13. The van der Waals surface area contributed by atoms with E-state index >= 15 is 0 Å². The van der Waals surface area contributed by atoms with E-state index in [1.165, 1.54) is 33.4 Å². The van der Waals surface area contributed by atoms with Crippen molar-refractivity contribution in [1.82, 2.24) is 14.8 Å². The lowest BCUT2D eigenvalue weighted by Crippen LogP contribution is -2.19. The first kappa shape index (κ1) is 17.0. The van der Waals surface area contributed by atoms with E-state index in [1.54, 1.807) is 0 Å². The fourth-order valence-corrected chi connectivity index (χ4v) is 4.01. The molecule has 0 N–H and O–H groups in total. The maximum Gasteiger partial charge on any atom is 0.155 e. The molecule has 4 rings (SSSR count). The zero-order valence-corrected chi connectivity index (χ0v) is 16.2. The second-order valence-electron chi connectivity index (χ2n) is 7.69. The van der Waals surface area contributed by atoms with E-state index in [4.69, 9.17) is 10.1 Å². The van der Waals surface area contributed by atoms with Gasteiger partial charge in [0.1, 0.15) is 5.82 Å². The van der Waals surface area contributed by atoms with Gasteiger partial charge in [-0.3, -0.25) is 0 Å². The first-order chi connectivity index (χ1) is 12.5. The molecule has 1 aromatic heterocycles. The monoisotopic (exact) mass is 345 g/mol. The Morgan fingerprint density at radius 3 is 2.50 bits per heavy atom. The number of hydrogen-bond acceptors (Lipinski definition) is 2. The van der Waals surface area contributed by atoms with E-state index in [0.717, 1.165) is 37.5 Å². The fraction of sp³-hybridized carbons (Fsp3) is 0.391. The summed E-state index contributed by atoms with van der Waals surface area (Å²) in [4.78, 5) is 4.97. The SMILES string of the molecule is Cc1ccc(Cc2nc3n(n2)CCCC3c2ccc(C)c(C)c2C)cc1. The van der Waals surface area contributed by atoms with E-state index < -0.39 is 0 Å². The van der Waals surface area contributed by atoms with Crippen molar-refractivity contribution in [1.29, 1.82) is 0 Å². The minimum Gasteiger partial charge on any atom is -0.249 e. The Morgan fingerprint density at radius 1 is 0.962 bits per heavy atom. The van der Waals surface area contributed by atoms with Gasteiger partial charge in [0.15, 0.2) is 5.82 Å². The van der Waals surface area contributed by atoms with Crippen molar-refractivity contribution in [3.63, 3.8) is 0 Å². The zero-order valence-electron chi connectivity index (χ0n) is 16.2. The molecule has 1 aliphatic rings. The predicted octanol–water partition coefficient (Wildman–Crippen LogP) is 5.03. The van der Waals surface area contributed by atoms with Crippen molar-refractivity contribution in [2.45, 2.75) is 59.4 Å². The van der Waals surface area contributed by atoms with E-state index in [9.17, 15) is 0 Å².